The number of ether oxygens (including phenoxy) is 2. The first-order valence-corrected chi connectivity index (χ1v) is 7.42. The second-order valence-corrected chi connectivity index (χ2v) is 5.22. The van der Waals surface area contributed by atoms with Crippen molar-refractivity contribution in [3.05, 3.63) is 48.0 Å². The summed E-state index contributed by atoms with van der Waals surface area (Å²) in [4.78, 5) is 0. The fraction of sp³-hybridized carbons (Fsp3) is 0.158. The molecule has 0 bridgehead atoms. The van der Waals surface area contributed by atoms with E-state index in [2.05, 4.69) is 0 Å². The Kier molecular flexibility index (Phi) is 4.44. The van der Waals surface area contributed by atoms with Gasteiger partial charge in [0, 0.05) is 11.5 Å². The van der Waals surface area contributed by atoms with Gasteiger partial charge in [-0.05, 0) is 35.9 Å². The van der Waals surface area contributed by atoms with E-state index in [4.69, 9.17) is 19.0 Å². The number of aliphatic hydroxyl groups excluding tert-OH is 1. The molecule has 0 aliphatic rings. The highest BCUT2D eigenvalue weighted by Crippen LogP contribution is 2.39. The molecule has 0 aliphatic heterocycles. The number of methoxy groups -OCH3 is 2. The summed E-state index contributed by atoms with van der Waals surface area (Å²) in [6, 6.07) is 10.5. The van der Waals surface area contributed by atoms with Crippen molar-refractivity contribution < 1.29 is 24.1 Å². The van der Waals surface area contributed by atoms with Gasteiger partial charge in [0.05, 0.1) is 26.4 Å². The number of furan rings is 1. The topological polar surface area (TPSA) is 72.1 Å². The third-order valence-electron chi connectivity index (χ3n) is 3.69. The molecule has 0 saturated carbocycles. The molecule has 0 saturated heterocycles. The van der Waals surface area contributed by atoms with E-state index in [9.17, 15) is 5.11 Å². The summed E-state index contributed by atoms with van der Waals surface area (Å²) in [6.07, 6.45) is 3.47. The Morgan fingerprint density at radius 1 is 1.04 bits per heavy atom. The van der Waals surface area contributed by atoms with Gasteiger partial charge in [-0.1, -0.05) is 12.2 Å². The Morgan fingerprint density at radius 2 is 1.83 bits per heavy atom. The van der Waals surface area contributed by atoms with Crippen LogP contribution in [0.1, 0.15) is 5.56 Å². The molecular weight excluding hydrogens is 308 g/mol. The molecule has 24 heavy (non-hydrogen) atoms. The lowest BCUT2D eigenvalue weighted by atomic mass is 10.1. The molecule has 0 amide bonds. The molecule has 0 spiro atoms. The van der Waals surface area contributed by atoms with Crippen LogP contribution in [0.2, 0.25) is 0 Å². The molecule has 2 N–H and O–H groups in total. The number of fused-ring (bicyclic) bond motifs is 1. The number of aromatic hydroxyl groups is 1. The van der Waals surface area contributed by atoms with Crippen LogP contribution in [-0.2, 0) is 0 Å². The van der Waals surface area contributed by atoms with Crippen LogP contribution in [-0.4, -0.2) is 31.0 Å². The van der Waals surface area contributed by atoms with Crippen LogP contribution in [0.4, 0.5) is 0 Å². The van der Waals surface area contributed by atoms with Gasteiger partial charge in [0.1, 0.15) is 17.3 Å². The largest absolute Gasteiger partial charge is 0.508 e. The zero-order valence-electron chi connectivity index (χ0n) is 13.4. The summed E-state index contributed by atoms with van der Waals surface area (Å²) >= 11 is 0. The molecule has 1 aromatic heterocycles. The van der Waals surface area contributed by atoms with Gasteiger partial charge in [0.2, 0.25) is 0 Å². The quantitative estimate of drug-likeness (QED) is 0.745. The molecule has 0 radical (unpaired) electrons. The lowest BCUT2D eigenvalue weighted by Crippen LogP contribution is -1.86. The van der Waals surface area contributed by atoms with Crippen molar-refractivity contribution in [1.82, 2.24) is 0 Å². The van der Waals surface area contributed by atoms with E-state index < -0.39 is 0 Å². The fourth-order valence-electron chi connectivity index (χ4n) is 2.60. The predicted molar refractivity (Wildman–Crippen MR) is 92.5 cm³/mol. The smallest absolute Gasteiger partial charge is 0.176 e. The SMILES string of the molecule is COc1cc(O)ccc1-c1cc2cc(/C=C/CO)cc(OC)c2o1. The maximum Gasteiger partial charge on any atom is 0.176 e. The van der Waals surface area contributed by atoms with Crippen molar-refractivity contribution in [3.63, 3.8) is 0 Å². The summed E-state index contributed by atoms with van der Waals surface area (Å²) in [5, 5.41) is 19.4. The molecule has 3 aromatic rings. The third kappa shape index (κ3) is 2.94. The maximum absolute atomic E-state index is 9.60. The van der Waals surface area contributed by atoms with Gasteiger partial charge in [-0.3, -0.25) is 0 Å². The molecule has 5 nitrogen and oxygen atoms in total. The Morgan fingerprint density at radius 3 is 2.54 bits per heavy atom. The Labute approximate surface area is 139 Å². The van der Waals surface area contributed by atoms with Gasteiger partial charge in [0.25, 0.3) is 0 Å². The van der Waals surface area contributed by atoms with Crippen molar-refractivity contribution in [1.29, 1.82) is 0 Å². The first-order chi connectivity index (χ1) is 11.7. The van der Waals surface area contributed by atoms with Crippen molar-refractivity contribution in [2.75, 3.05) is 20.8 Å². The zero-order chi connectivity index (χ0) is 17.1. The lowest BCUT2D eigenvalue weighted by Gasteiger charge is -2.06. The third-order valence-corrected chi connectivity index (χ3v) is 3.69. The molecule has 1 heterocycles. The minimum absolute atomic E-state index is 0.0261. The predicted octanol–water partition coefficient (Wildman–Crippen LogP) is 3.83. The van der Waals surface area contributed by atoms with Crippen LogP contribution in [0.5, 0.6) is 17.2 Å². The second kappa shape index (κ2) is 6.68. The summed E-state index contributed by atoms with van der Waals surface area (Å²) in [6.45, 7) is -0.0261. The Bertz CT molecular complexity index is 892. The zero-order valence-corrected chi connectivity index (χ0v) is 13.4. The van der Waals surface area contributed by atoms with Crippen molar-refractivity contribution in [2.45, 2.75) is 0 Å². The van der Waals surface area contributed by atoms with Gasteiger partial charge < -0.3 is 24.1 Å². The van der Waals surface area contributed by atoms with Crippen LogP contribution in [0.3, 0.4) is 0 Å². The normalized spacial score (nSPS) is 11.3. The minimum atomic E-state index is -0.0261. The van der Waals surface area contributed by atoms with E-state index >= 15 is 0 Å². The van der Waals surface area contributed by atoms with Gasteiger partial charge in [-0.25, -0.2) is 0 Å². The van der Waals surface area contributed by atoms with Crippen LogP contribution < -0.4 is 9.47 Å². The summed E-state index contributed by atoms with van der Waals surface area (Å²) in [5.41, 5.74) is 2.27. The monoisotopic (exact) mass is 326 g/mol. The summed E-state index contributed by atoms with van der Waals surface area (Å²) < 4.78 is 16.7. The highest BCUT2D eigenvalue weighted by Gasteiger charge is 2.15. The van der Waals surface area contributed by atoms with Gasteiger partial charge in [-0.2, -0.15) is 0 Å². The second-order valence-electron chi connectivity index (χ2n) is 5.22. The average molecular weight is 326 g/mol. The molecule has 0 fully saturated rings. The molecular formula is C19H18O5. The van der Waals surface area contributed by atoms with Crippen molar-refractivity contribution in [3.8, 4) is 28.6 Å². The first-order valence-electron chi connectivity index (χ1n) is 7.42. The summed E-state index contributed by atoms with van der Waals surface area (Å²) in [7, 11) is 3.12. The van der Waals surface area contributed by atoms with E-state index in [-0.39, 0.29) is 12.4 Å². The van der Waals surface area contributed by atoms with E-state index in [0.29, 0.717) is 22.8 Å². The number of rotatable bonds is 5. The molecule has 2 aromatic carbocycles. The van der Waals surface area contributed by atoms with Crippen molar-refractivity contribution >= 4 is 17.0 Å². The number of hydrogen-bond acceptors (Lipinski definition) is 5. The molecule has 5 heteroatoms. The highest BCUT2D eigenvalue weighted by atomic mass is 16.5. The van der Waals surface area contributed by atoms with Crippen LogP contribution in [0.15, 0.2) is 46.9 Å². The number of phenolic OH excluding ortho intramolecular Hbond substituents is 1. The fourth-order valence-corrected chi connectivity index (χ4v) is 2.60. The molecule has 124 valence electrons. The van der Waals surface area contributed by atoms with E-state index in [1.165, 1.54) is 6.07 Å². The number of hydrogen-bond donors (Lipinski definition) is 2. The van der Waals surface area contributed by atoms with E-state index in [1.54, 1.807) is 32.4 Å². The molecule has 0 unspecified atom stereocenters. The highest BCUT2D eigenvalue weighted by molar-refractivity contribution is 5.90. The van der Waals surface area contributed by atoms with Crippen LogP contribution in [0.25, 0.3) is 28.4 Å². The first kappa shape index (κ1) is 16.0. The van der Waals surface area contributed by atoms with Crippen LogP contribution in [0, 0.1) is 0 Å². The van der Waals surface area contributed by atoms with Crippen molar-refractivity contribution in [2.24, 2.45) is 0 Å². The Balaban J connectivity index is 2.16. The van der Waals surface area contributed by atoms with Gasteiger partial charge in [0.15, 0.2) is 11.3 Å². The van der Waals surface area contributed by atoms with Gasteiger partial charge >= 0.3 is 0 Å². The average Bonchev–Trinajstić information content (AvgIpc) is 3.02. The summed E-state index contributed by atoms with van der Waals surface area (Å²) in [5.74, 6) is 1.87. The number of phenols is 1. The Hall–Kier alpha value is -2.92. The standard InChI is InChI=1S/C19H18O5/c1-22-16-11-14(21)5-6-15(16)17-10-13-8-12(4-3-7-20)9-18(23-2)19(13)24-17/h3-6,8-11,20-21H,7H2,1-2H3/b4-3+. The van der Waals surface area contributed by atoms with E-state index in [0.717, 1.165) is 16.5 Å². The minimum Gasteiger partial charge on any atom is -0.508 e. The maximum atomic E-state index is 9.60. The molecule has 0 atom stereocenters. The number of aliphatic hydroxyl groups is 1. The molecule has 3 rings (SSSR count). The van der Waals surface area contributed by atoms with Gasteiger partial charge in [-0.15, -0.1) is 0 Å². The van der Waals surface area contributed by atoms with E-state index in [1.807, 2.05) is 24.3 Å². The number of benzene rings is 2. The van der Waals surface area contributed by atoms with Crippen LogP contribution >= 0.6 is 0 Å². The lowest BCUT2D eigenvalue weighted by molar-refractivity contribution is 0.343. The molecule has 0 aliphatic carbocycles.